The summed E-state index contributed by atoms with van der Waals surface area (Å²) in [6.07, 6.45) is -2.63. The zero-order valence-corrected chi connectivity index (χ0v) is 16.1. The molecule has 1 aliphatic rings. The van der Waals surface area contributed by atoms with Crippen molar-refractivity contribution < 1.29 is 47.6 Å². The number of anilines is 1. The van der Waals surface area contributed by atoms with Gasteiger partial charge in [0.15, 0.2) is 17.6 Å². The van der Waals surface area contributed by atoms with E-state index in [1.165, 1.54) is 0 Å². The van der Waals surface area contributed by atoms with Gasteiger partial charge >= 0.3 is 21.3 Å². The van der Waals surface area contributed by atoms with Crippen molar-refractivity contribution in [3.8, 4) is 11.8 Å². The van der Waals surface area contributed by atoms with Gasteiger partial charge in [0.2, 0.25) is 6.23 Å². The second-order valence-electron chi connectivity index (χ2n) is 5.32. The number of ether oxygens (including phenoxy) is 1. The first-order valence-corrected chi connectivity index (χ1v) is 10.5. The van der Waals surface area contributed by atoms with E-state index in [4.69, 9.17) is 35.8 Å². The van der Waals surface area contributed by atoms with Gasteiger partial charge in [0.1, 0.15) is 12.4 Å². The average molecular weight is 454 g/mol. The van der Waals surface area contributed by atoms with Crippen molar-refractivity contribution in [3.05, 3.63) is 33.8 Å². The maximum Gasteiger partial charge on any atom is 0.524 e. The predicted molar refractivity (Wildman–Crippen MR) is 93.1 cm³/mol. The Hall–Kier alpha value is -2.24. The molecule has 160 valence electrons. The van der Waals surface area contributed by atoms with Crippen molar-refractivity contribution in [2.75, 3.05) is 18.9 Å². The third kappa shape index (κ3) is 6.12. The van der Waals surface area contributed by atoms with Crippen molar-refractivity contribution in [1.82, 2.24) is 9.55 Å². The van der Waals surface area contributed by atoms with Crippen LogP contribution in [0.4, 0.5) is 5.82 Å². The number of aromatic nitrogens is 2. The second kappa shape index (κ2) is 8.64. The van der Waals surface area contributed by atoms with Crippen LogP contribution in [-0.4, -0.2) is 53.5 Å². The van der Waals surface area contributed by atoms with Crippen molar-refractivity contribution >= 4 is 21.5 Å². The Bertz CT molecular complexity index is 1030. The third-order valence-corrected chi connectivity index (χ3v) is 4.14. The fraction of sp³-hybridized carbons (Fsp3) is 0.333. The average Bonchev–Trinajstić information content (AvgIpc) is 2.86. The van der Waals surface area contributed by atoms with Crippen LogP contribution in [0.5, 0.6) is 0 Å². The van der Waals surface area contributed by atoms with E-state index in [1.54, 1.807) is 0 Å². The smallest absolute Gasteiger partial charge is 0.465 e. The lowest BCUT2D eigenvalue weighted by Crippen LogP contribution is -2.34. The van der Waals surface area contributed by atoms with Crippen LogP contribution in [0.25, 0.3) is 0 Å². The summed E-state index contributed by atoms with van der Waals surface area (Å²) in [6, 6.07) is 0. The van der Waals surface area contributed by atoms with E-state index in [-0.39, 0.29) is 17.9 Å². The molecule has 0 spiro atoms. The normalized spacial score (nSPS) is 19.5. The maximum atomic E-state index is 12.2. The van der Waals surface area contributed by atoms with Gasteiger partial charge in [-0.3, -0.25) is 18.9 Å². The summed E-state index contributed by atoms with van der Waals surface area (Å²) in [7, 11) is -10.2. The maximum absolute atomic E-state index is 12.2. The van der Waals surface area contributed by atoms with Crippen molar-refractivity contribution in [2.45, 2.75) is 12.3 Å². The predicted octanol–water partition coefficient (Wildman–Crippen LogP) is -2.54. The lowest BCUT2D eigenvalue weighted by atomic mass is 10.2. The highest BCUT2D eigenvalue weighted by Crippen LogP contribution is 2.46. The van der Waals surface area contributed by atoms with E-state index in [1.807, 2.05) is 0 Å². The zero-order chi connectivity index (χ0) is 22.0. The molecule has 29 heavy (non-hydrogen) atoms. The minimum absolute atomic E-state index is 0.0308. The van der Waals surface area contributed by atoms with E-state index in [0.29, 0.717) is 4.57 Å². The van der Waals surface area contributed by atoms with Crippen LogP contribution >= 0.6 is 15.6 Å². The first kappa shape index (κ1) is 23.0. The number of hydrogen-bond acceptors (Lipinski definition) is 10. The van der Waals surface area contributed by atoms with Gasteiger partial charge in [-0.2, -0.15) is 4.98 Å². The van der Waals surface area contributed by atoms with Crippen LogP contribution in [-0.2, 0) is 22.9 Å². The molecule has 0 fully saturated rings. The van der Waals surface area contributed by atoms with Crippen LogP contribution in [0.15, 0.2) is 22.5 Å². The Morgan fingerprint density at radius 2 is 1.93 bits per heavy atom. The van der Waals surface area contributed by atoms with Crippen molar-refractivity contribution in [1.29, 1.82) is 0 Å². The van der Waals surface area contributed by atoms with E-state index < -0.39 is 51.8 Å². The van der Waals surface area contributed by atoms with Gasteiger partial charge in [0.05, 0.1) is 12.1 Å². The van der Waals surface area contributed by atoms with Crippen LogP contribution < -0.4 is 17.2 Å². The first-order valence-electron chi connectivity index (χ1n) is 7.43. The molecule has 0 radical (unpaired) electrons. The molecule has 0 saturated heterocycles. The van der Waals surface area contributed by atoms with Gasteiger partial charge in [0, 0.05) is 6.20 Å². The summed E-state index contributed by atoms with van der Waals surface area (Å²) in [4.78, 5) is 51.2. The fourth-order valence-corrected chi connectivity index (χ4v) is 2.91. The fourth-order valence-electron chi connectivity index (χ4n) is 2.16. The molecule has 0 bridgehead atoms. The van der Waals surface area contributed by atoms with Crippen LogP contribution in [0.3, 0.4) is 0 Å². The molecule has 0 aliphatic carbocycles. The standard InChI is InChI=1S/C12H16N4O11P2/c13-3-1-2-6-4-16(12(18)15-10(6)14)11-8(17)9(27-29(22,23)24)7(26-11)5-25-28(19,20)21/h4,8,11,17H,3,5,13H2,(H2,14,15,18)(H2,19,20,21)(H2,22,23,24)/t8?,11-/m1/s1. The van der Waals surface area contributed by atoms with Gasteiger partial charge in [-0.15, -0.1) is 0 Å². The molecule has 9 N–H and O–H groups in total. The number of phosphoric ester groups is 2. The molecule has 15 nitrogen and oxygen atoms in total. The first-order chi connectivity index (χ1) is 13.3. The molecule has 2 rings (SSSR count). The molecule has 0 saturated carbocycles. The summed E-state index contributed by atoms with van der Waals surface area (Å²) in [5.41, 5.74) is 9.84. The van der Waals surface area contributed by atoms with Gasteiger partial charge in [-0.1, -0.05) is 11.8 Å². The molecule has 1 aliphatic heterocycles. The number of nitrogens with two attached hydrogens (primary N) is 2. The van der Waals surface area contributed by atoms with Gasteiger partial charge < -0.3 is 35.6 Å². The molecule has 1 aromatic rings. The summed E-state index contributed by atoms with van der Waals surface area (Å²) < 4.78 is 36.5. The molecular weight excluding hydrogens is 438 g/mol. The number of aliphatic hydroxyl groups excluding tert-OH is 1. The van der Waals surface area contributed by atoms with Gasteiger partial charge in [-0.05, 0) is 0 Å². The Morgan fingerprint density at radius 1 is 1.28 bits per heavy atom. The highest BCUT2D eigenvalue weighted by Gasteiger charge is 2.42. The van der Waals surface area contributed by atoms with Gasteiger partial charge in [0.25, 0.3) is 0 Å². The summed E-state index contributed by atoms with van der Waals surface area (Å²) in [6.45, 7) is -1.07. The van der Waals surface area contributed by atoms with Crippen LogP contribution in [0, 0.1) is 11.8 Å². The zero-order valence-electron chi connectivity index (χ0n) is 14.3. The van der Waals surface area contributed by atoms with E-state index >= 15 is 0 Å². The number of aliphatic hydroxyl groups is 1. The number of nitrogens with zero attached hydrogens (tertiary/aromatic N) is 2. The molecule has 2 heterocycles. The molecule has 2 atom stereocenters. The highest BCUT2D eigenvalue weighted by molar-refractivity contribution is 7.46. The largest absolute Gasteiger partial charge is 0.524 e. The minimum atomic E-state index is -5.22. The molecule has 1 aromatic heterocycles. The SMILES string of the molecule is NCC#Cc1cn([C@@H]2OC(COP(=O)(O)O)=C(OP(=O)(O)O)C2O)c(=O)nc1N. The Morgan fingerprint density at radius 3 is 2.48 bits per heavy atom. The number of phosphoric acid groups is 2. The van der Waals surface area contributed by atoms with E-state index in [2.05, 4.69) is 25.9 Å². The van der Waals surface area contributed by atoms with E-state index in [9.17, 15) is 19.0 Å². The van der Waals surface area contributed by atoms with Crippen LogP contribution in [0.1, 0.15) is 11.8 Å². The van der Waals surface area contributed by atoms with Crippen molar-refractivity contribution in [3.63, 3.8) is 0 Å². The Kier molecular flexibility index (Phi) is 6.86. The Labute approximate surface area is 162 Å². The quantitative estimate of drug-likeness (QED) is 0.173. The highest BCUT2D eigenvalue weighted by atomic mass is 31.2. The lowest BCUT2D eigenvalue weighted by Gasteiger charge is -2.19. The number of rotatable bonds is 6. The third-order valence-electron chi connectivity index (χ3n) is 3.24. The monoisotopic (exact) mass is 454 g/mol. The van der Waals surface area contributed by atoms with E-state index in [0.717, 1.165) is 6.20 Å². The molecule has 17 heteroatoms. The topological polar surface area (TPSA) is 250 Å². The van der Waals surface area contributed by atoms with Crippen molar-refractivity contribution in [2.24, 2.45) is 5.73 Å². The minimum Gasteiger partial charge on any atom is -0.465 e. The second-order valence-corrected chi connectivity index (χ2v) is 7.73. The number of nitrogen functional groups attached to an aromatic ring is 1. The number of hydrogen-bond donors (Lipinski definition) is 7. The summed E-state index contributed by atoms with van der Waals surface area (Å²) in [5.74, 6) is 3.19. The Balaban J connectivity index is 2.45. The molecule has 0 amide bonds. The lowest BCUT2D eigenvalue weighted by molar-refractivity contribution is -0.0170. The molecule has 0 aromatic carbocycles. The molecular formula is C12H16N4O11P2. The van der Waals surface area contributed by atoms with Crippen LogP contribution in [0.2, 0.25) is 0 Å². The summed E-state index contributed by atoms with van der Waals surface area (Å²) in [5, 5.41) is 10.4. The summed E-state index contributed by atoms with van der Waals surface area (Å²) >= 11 is 0. The van der Waals surface area contributed by atoms with Gasteiger partial charge in [-0.25, -0.2) is 13.9 Å². The molecule has 1 unspecified atom stereocenters.